The van der Waals surface area contributed by atoms with Gasteiger partial charge in [0.15, 0.2) is 0 Å². The summed E-state index contributed by atoms with van der Waals surface area (Å²) in [7, 11) is 0. The molecule has 2 unspecified atom stereocenters. The smallest absolute Gasteiger partial charge is 0.255 e. The minimum absolute atomic E-state index is 0.166. The molecule has 0 spiro atoms. The number of carbonyl (C=O) groups excluding carboxylic acids is 3. The molecule has 2 aromatic rings. The highest BCUT2D eigenvalue weighted by Crippen LogP contribution is 2.40. The summed E-state index contributed by atoms with van der Waals surface area (Å²) in [5, 5.41) is 2.68. The van der Waals surface area contributed by atoms with E-state index < -0.39 is 0 Å². The number of nitrogens with zero attached hydrogens (tertiary/aromatic N) is 1. The molecule has 2 aromatic carbocycles. The first kappa shape index (κ1) is 17.4. The first-order valence-corrected chi connectivity index (χ1v) is 9.09. The van der Waals surface area contributed by atoms with E-state index in [9.17, 15) is 18.8 Å². The van der Waals surface area contributed by atoms with Gasteiger partial charge in [0, 0.05) is 11.3 Å². The lowest BCUT2D eigenvalue weighted by molar-refractivity contribution is -0.122. The second-order valence-corrected chi connectivity index (χ2v) is 7.02. The highest BCUT2D eigenvalue weighted by atomic mass is 19.1. The van der Waals surface area contributed by atoms with E-state index in [0.29, 0.717) is 16.9 Å². The van der Waals surface area contributed by atoms with Gasteiger partial charge in [0.1, 0.15) is 5.82 Å². The van der Waals surface area contributed by atoms with Gasteiger partial charge in [-0.3, -0.25) is 19.3 Å². The van der Waals surface area contributed by atoms with Crippen LogP contribution in [-0.4, -0.2) is 17.7 Å². The number of nitrogens with one attached hydrogen (secondary N) is 1. The van der Waals surface area contributed by atoms with Crippen LogP contribution in [-0.2, 0) is 9.59 Å². The molecular weight excluding hydrogens is 347 g/mol. The third-order valence-electron chi connectivity index (χ3n) is 5.31. The number of rotatable bonds is 3. The van der Waals surface area contributed by atoms with Gasteiger partial charge >= 0.3 is 0 Å². The minimum atomic E-state index is -0.389. The van der Waals surface area contributed by atoms with E-state index in [1.54, 1.807) is 24.3 Å². The zero-order chi connectivity index (χ0) is 19.0. The van der Waals surface area contributed by atoms with Crippen molar-refractivity contribution >= 4 is 29.1 Å². The molecule has 2 aliphatic rings. The van der Waals surface area contributed by atoms with Crippen LogP contribution in [0.4, 0.5) is 15.8 Å². The third kappa shape index (κ3) is 3.23. The molecule has 5 nitrogen and oxygen atoms in total. The Balaban J connectivity index is 1.57. The van der Waals surface area contributed by atoms with Crippen molar-refractivity contribution in [1.82, 2.24) is 0 Å². The zero-order valence-electron chi connectivity index (χ0n) is 14.7. The number of halogens is 1. The molecule has 27 heavy (non-hydrogen) atoms. The van der Waals surface area contributed by atoms with Crippen LogP contribution in [0.15, 0.2) is 48.5 Å². The fourth-order valence-corrected chi connectivity index (χ4v) is 3.94. The lowest BCUT2D eigenvalue weighted by Crippen LogP contribution is -2.31. The number of hydrogen-bond acceptors (Lipinski definition) is 3. The second kappa shape index (κ2) is 6.95. The van der Waals surface area contributed by atoms with Gasteiger partial charge in [0.2, 0.25) is 11.8 Å². The number of fused-ring (bicyclic) bond motifs is 1. The summed E-state index contributed by atoms with van der Waals surface area (Å²) in [6.07, 6.45) is 3.43. The Morgan fingerprint density at radius 3 is 2.22 bits per heavy atom. The topological polar surface area (TPSA) is 66.5 Å². The van der Waals surface area contributed by atoms with E-state index in [-0.39, 0.29) is 35.4 Å². The number of anilines is 2. The lowest BCUT2D eigenvalue weighted by Gasteiger charge is -2.19. The molecule has 1 aliphatic carbocycles. The van der Waals surface area contributed by atoms with Gasteiger partial charge in [-0.05, 0) is 55.3 Å². The van der Waals surface area contributed by atoms with Crippen molar-refractivity contribution in [3.05, 3.63) is 59.9 Å². The standard InChI is InChI=1S/C21H19FN2O3/c22-14-8-10-15(11-9-14)23-19(25)13-4-3-5-16(12-13)24-20(26)17-6-1-2-7-18(17)21(24)27/h3-5,8-12,17-18H,1-2,6-7H2,(H,23,25). The van der Waals surface area contributed by atoms with E-state index >= 15 is 0 Å². The van der Waals surface area contributed by atoms with E-state index in [1.807, 2.05) is 0 Å². The summed E-state index contributed by atoms with van der Waals surface area (Å²) in [5.74, 6) is -1.57. The molecule has 2 fully saturated rings. The molecule has 2 atom stereocenters. The van der Waals surface area contributed by atoms with Crippen LogP contribution in [0.2, 0.25) is 0 Å². The first-order valence-electron chi connectivity index (χ1n) is 9.09. The Bertz CT molecular complexity index is 886. The Morgan fingerprint density at radius 2 is 1.59 bits per heavy atom. The van der Waals surface area contributed by atoms with Gasteiger partial charge in [-0.15, -0.1) is 0 Å². The van der Waals surface area contributed by atoms with Crippen molar-refractivity contribution in [1.29, 1.82) is 0 Å². The van der Waals surface area contributed by atoms with Gasteiger partial charge in [0.25, 0.3) is 5.91 Å². The Hall–Kier alpha value is -3.02. The van der Waals surface area contributed by atoms with E-state index in [2.05, 4.69) is 5.32 Å². The minimum Gasteiger partial charge on any atom is -0.322 e. The molecule has 6 heteroatoms. The molecule has 1 aliphatic heterocycles. The lowest BCUT2D eigenvalue weighted by atomic mass is 9.81. The van der Waals surface area contributed by atoms with Gasteiger partial charge < -0.3 is 5.32 Å². The van der Waals surface area contributed by atoms with Crippen molar-refractivity contribution in [3.63, 3.8) is 0 Å². The van der Waals surface area contributed by atoms with Crippen LogP contribution < -0.4 is 10.2 Å². The van der Waals surface area contributed by atoms with Crippen LogP contribution in [0.3, 0.4) is 0 Å². The van der Waals surface area contributed by atoms with Crippen molar-refractivity contribution in [3.8, 4) is 0 Å². The molecule has 0 aromatic heterocycles. The summed E-state index contributed by atoms with van der Waals surface area (Å²) >= 11 is 0. The summed E-state index contributed by atoms with van der Waals surface area (Å²) in [4.78, 5) is 39.2. The van der Waals surface area contributed by atoms with E-state index in [1.165, 1.54) is 29.2 Å². The van der Waals surface area contributed by atoms with Crippen LogP contribution >= 0.6 is 0 Å². The summed E-state index contributed by atoms with van der Waals surface area (Å²) < 4.78 is 13.0. The fraction of sp³-hybridized carbons (Fsp3) is 0.286. The third-order valence-corrected chi connectivity index (χ3v) is 5.31. The Morgan fingerprint density at radius 1 is 0.963 bits per heavy atom. The molecule has 4 rings (SSSR count). The molecule has 1 saturated carbocycles. The average Bonchev–Trinajstić information content (AvgIpc) is 2.95. The molecule has 1 saturated heterocycles. The summed E-state index contributed by atoms with van der Waals surface area (Å²) in [5.41, 5.74) is 1.21. The first-order chi connectivity index (χ1) is 13.0. The second-order valence-electron chi connectivity index (χ2n) is 7.02. The van der Waals surface area contributed by atoms with Crippen LogP contribution in [0, 0.1) is 17.7 Å². The molecular formula is C21H19FN2O3. The molecule has 0 radical (unpaired) electrons. The maximum absolute atomic E-state index is 13.0. The van der Waals surface area contributed by atoms with Crippen LogP contribution in [0.5, 0.6) is 0 Å². The maximum atomic E-state index is 13.0. The number of carbonyl (C=O) groups is 3. The largest absolute Gasteiger partial charge is 0.322 e. The van der Waals surface area contributed by atoms with Crippen LogP contribution in [0.25, 0.3) is 0 Å². The molecule has 0 bridgehead atoms. The van der Waals surface area contributed by atoms with E-state index in [4.69, 9.17) is 0 Å². The van der Waals surface area contributed by atoms with Gasteiger partial charge in [-0.2, -0.15) is 0 Å². The SMILES string of the molecule is O=C(Nc1ccc(F)cc1)c1cccc(N2C(=O)C3CCCCC3C2=O)c1. The number of benzene rings is 2. The normalized spacial score (nSPS) is 21.9. The van der Waals surface area contributed by atoms with Gasteiger partial charge in [-0.1, -0.05) is 18.9 Å². The zero-order valence-corrected chi connectivity index (χ0v) is 14.7. The quantitative estimate of drug-likeness (QED) is 0.841. The van der Waals surface area contributed by atoms with Gasteiger partial charge in [0.05, 0.1) is 17.5 Å². The predicted molar refractivity (Wildman–Crippen MR) is 98.7 cm³/mol. The predicted octanol–water partition coefficient (Wildman–Crippen LogP) is 3.76. The molecule has 138 valence electrons. The number of imide groups is 1. The highest BCUT2D eigenvalue weighted by Gasteiger charge is 2.48. The van der Waals surface area contributed by atoms with Crippen molar-refractivity contribution < 1.29 is 18.8 Å². The van der Waals surface area contributed by atoms with E-state index in [0.717, 1.165) is 25.7 Å². The van der Waals surface area contributed by atoms with Crippen LogP contribution in [0.1, 0.15) is 36.0 Å². The molecule has 1 N–H and O–H groups in total. The highest BCUT2D eigenvalue weighted by molar-refractivity contribution is 6.22. The monoisotopic (exact) mass is 366 g/mol. The summed E-state index contributed by atoms with van der Waals surface area (Å²) in [6, 6.07) is 11.9. The molecule has 1 heterocycles. The number of amides is 3. The molecule has 3 amide bonds. The van der Waals surface area contributed by atoms with Crippen molar-refractivity contribution in [2.45, 2.75) is 25.7 Å². The Labute approximate surface area is 156 Å². The van der Waals surface area contributed by atoms with Gasteiger partial charge in [-0.25, -0.2) is 4.39 Å². The number of hydrogen-bond donors (Lipinski definition) is 1. The van der Waals surface area contributed by atoms with Crippen molar-refractivity contribution in [2.75, 3.05) is 10.2 Å². The summed E-state index contributed by atoms with van der Waals surface area (Å²) in [6.45, 7) is 0. The maximum Gasteiger partial charge on any atom is 0.255 e. The Kier molecular flexibility index (Phi) is 4.48. The fourth-order valence-electron chi connectivity index (χ4n) is 3.94. The average molecular weight is 366 g/mol. The van der Waals surface area contributed by atoms with Crippen molar-refractivity contribution in [2.24, 2.45) is 11.8 Å².